The summed E-state index contributed by atoms with van der Waals surface area (Å²) < 4.78 is 4.51. The highest BCUT2D eigenvalue weighted by Gasteiger charge is 2.25. The number of rotatable bonds is 2. The molecule has 0 fully saturated rings. The van der Waals surface area contributed by atoms with E-state index in [4.69, 9.17) is 4.98 Å². The molecule has 0 bridgehead atoms. The third-order valence-electron chi connectivity index (χ3n) is 4.01. The van der Waals surface area contributed by atoms with Gasteiger partial charge in [-0.05, 0) is 18.6 Å². The monoisotopic (exact) mass is 302 g/mol. The summed E-state index contributed by atoms with van der Waals surface area (Å²) in [5.74, 6) is 1.33. The first-order valence-electron chi connectivity index (χ1n) is 7.45. The predicted octanol–water partition coefficient (Wildman–Crippen LogP) is 3.51. The van der Waals surface area contributed by atoms with Crippen LogP contribution in [0.2, 0.25) is 0 Å². The summed E-state index contributed by atoms with van der Waals surface area (Å²) in [6.45, 7) is 8.43. The number of likely N-dealkylation sites (N-methyl/N-ethyl adjacent to an activating group) is 1. The van der Waals surface area contributed by atoms with E-state index in [2.05, 4.69) is 66.3 Å². The Balaban J connectivity index is 1.95. The molecule has 1 aromatic carbocycles. The molecular formula is C16H22N4S. The van der Waals surface area contributed by atoms with Gasteiger partial charge in [0.2, 0.25) is 5.13 Å². The largest absolute Gasteiger partial charge is 0.372 e. The van der Waals surface area contributed by atoms with E-state index in [0.717, 1.165) is 24.0 Å². The summed E-state index contributed by atoms with van der Waals surface area (Å²) in [6, 6.07) is 9.04. The molecule has 0 saturated carbocycles. The molecule has 4 nitrogen and oxygen atoms in total. The van der Waals surface area contributed by atoms with Crippen molar-refractivity contribution in [3.05, 3.63) is 35.7 Å². The Morgan fingerprint density at radius 3 is 2.76 bits per heavy atom. The number of fused-ring (bicyclic) bond motifs is 1. The van der Waals surface area contributed by atoms with Gasteiger partial charge >= 0.3 is 0 Å². The first kappa shape index (κ1) is 14.3. The minimum atomic E-state index is 0.382. The molecule has 1 unspecified atom stereocenters. The van der Waals surface area contributed by atoms with Crippen molar-refractivity contribution in [3.63, 3.8) is 0 Å². The quantitative estimate of drug-likeness (QED) is 0.850. The molecule has 1 aromatic heterocycles. The molecule has 112 valence electrons. The number of hydrogen-bond acceptors (Lipinski definition) is 5. The second-order valence-corrected chi connectivity index (χ2v) is 6.81. The Bertz CT molecular complexity index is 622. The van der Waals surface area contributed by atoms with E-state index in [0.29, 0.717) is 12.0 Å². The first-order valence-corrected chi connectivity index (χ1v) is 8.23. The maximum Gasteiger partial charge on any atom is 0.205 e. The summed E-state index contributed by atoms with van der Waals surface area (Å²) in [6.07, 6.45) is 0. The van der Waals surface area contributed by atoms with Crippen molar-refractivity contribution in [3.8, 4) is 0 Å². The van der Waals surface area contributed by atoms with Crippen LogP contribution in [-0.4, -0.2) is 29.0 Å². The van der Waals surface area contributed by atoms with E-state index >= 15 is 0 Å². The molecule has 1 aliphatic heterocycles. The SMILES string of the molecule is CC(C)c1nsc(N2Cc3ccccc3N(C)CC2C)n1. The average Bonchev–Trinajstić information content (AvgIpc) is 2.90. The van der Waals surface area contributed by atoms with E-state index < -0.39 is 0 Å². The molecule has 5 heteroatoms. The number of nitrogens with zero attached hydrogens (tertiary/aromatic N) is 4. The molecule has 3 rings (SSSR count). The summed E-state index contributed by atoms with van der Waals surface area (Å²) >= 11 is 1.52. The Morgan fingerprint density at radius 1 is 1.29 bits per heavy atom. The van der Waals surface area contributed by atoms with Gasteiger partial charge in [0.05, 0.1) is 0 Å². The third-order valence-corrected chi connectivity index (χ3v) is 4.77. The van der Waals surface area contributed by atoms with E-state index in [1.165, 1.54) is 22.8 Å². The standard InChI is InChI=1S/C16H22N4S/c1-11(2)15-17-16(21-18-15)20-10-13-7-5-6-8-14(13)19(4)9-12(20)3/h5-8,11-12H,9-10H2,1-4H3. The van der Waals surface area contributed by atoms with Crippen molar-refractivity contribution in [2.75, 3.05) is 23.4 Å². The van der Waals surface area contributed by atoms with E-state index in [9.17, 15) is 0 Å². The van der Waals surface area contributed by atoms with Gasteiger partial charge in [-0.15, -0.1) is 0 Å². The Labute approximate surface area is 130 Å². The Hall–Kier alpha value is -1.62. The first-order chi connectivity index (χ1) is 10.1. The van der Waals surface area contributed by atoms with E-state index in [1.807, 2.05) is 0 Å². The second kappa shape index (κ2) is 5.64. The molecule has 2 heterocycles. The Morgan fingerprint density at radius 2 is 2.05 bits per heavy atom. The van der Waals surface area contributed by atoms with Gasteiger partial charge in [-0.2, -0.15) is 4.37 Å². The van der Waals surface area contributed by atoms with Gasteiger partial charge < -0.3 is 9.80 Å². The van der Waals surface area contributed by atoms with Crippen LogP contribution in [0.1, 0.15) is 38.1 Å². The highest BCUT2D eigenvalue weighted by atomic mass is 32.1. The molecule has 0 amide bonds. The zero-order valence-electron chi connectivity index (χ0n) is 13.1. The van der Waals surface area contributed by atoms with Gasteiger partial charge in [0.25, 0.3) is 0 Å². The summed E-state index contributed by atoms with van der Waals surface area (Å²) in [7, 11) is 2.17. The number of para-hydroxylation sites is 1. The van der Waals surface area contributed by atoms with Crippen LogP contribution in [0.15, 0.2) is 24.3 Å². The molecule has 21 heavy (non-hydrogen) atoms. The summed E-state index contributed by atoms with van der Waals surface area (Å²) in [4.78, 5) is 9.46. The lowest BCUT2D eigenvalue weighted by molar-refractivity contribution is 0.639. The highest BCUT2D eigenvalue weighted by Crippen LogP contribution is 2.31. The lowest BCUT2D eigenvalue weighted by Gasteiger charge is -2.27. The van der Waals surface area contributed by atoms with Gasteiger partial charge in [0, 0.05) is 49.3 Å². The van der Waals surface area contributed by atoms with Crippen molar-refractivity contribution < 1.29 is 0 Å². The van der Waals surface area contributed by atoms with Crippen LogP contribution < -0.4 is 9.80 Å². The minimum Gasteiger partial charge on any atom is -0.372 e. The fourth-order valence-electron chi connectivity index (χ4n) is 2.78. The predicted molar refractivity (Wildman–Crippen MR) is 89.4 cm³/mol. The van der Waals surface area contributed by atoms with Gasteiger partial charge in [-0.3, -0.25) is 0 Å². The Kier molecular flexibility index (Phi) is 3.85. The van der Waals surface area contributed by atoms with Crippen molar-refractivity contribution >= 4 is 22.4 Å². The van der Waals surface area contributed by atoms with Crippen LogP contribution >= 0.6 is 11.5 Å². The zero-order valence-corrected chi connectivity index (χ0v) is 13.9. The maximum atomic E-state index is 4.74. The molecule has 0 aliphatic carbocycles. The second-order valence-electron chi connectivity index (χ2n) is 6.08. The van der Waals surface area contributed by atoms with Crippen LogP contribution in [0.25, 0.3) is 0 Å². The fraction of sp³-hybridized carbons (Fsp3) is 0.500. The molecule has 0 saturated heterocycles. The van der Waals surface area contributed by atoms with Crippen LogP contribution in [0.4, 0.5) is 10.8 Å². The smallest absolute Gasteiger partial charge is 0.205 e. The lowest BCUT2D eigenvalue weighted by atomic mass is 10.1. The summed E-state index contributed by atoms with van der Waals surface area (Å²) in [5, 5.41) is 1.04. The average molecular weight is 302 g/mol. The molecule has 2 aromatic rings. The number of anilines is 2. The number of benzene rings is 1. The molecule has 0 N–H and O–H groups in total. The normalized spacial score (nSPS) is 18.8. The third kappa shape index (κ3) is 2.75. The fourth-order valence-corrected chi connectivity index (χ4v) is 3.69. The number of hydrogen-bond donors (Lipinski definition) is 0. The van der Waals surface area contributed by atoms with Gasteiger partial charge in [0.15, 0.2) is 0 Å². The van der Waals surface area contributed by atoms with Gasteiger partial charge in [0.1, 0.15) is 5.82 Å². The molecule has 1 atom stereocenters. The minimum absolute atomic E-state index is 0.382. The van der Waals surface area contributed by atoms with Crippen molar-refractivity contribution in [2.24, 2.45) is 0 Å². The zero-order chi connectivity index (χ0) is 15.0. The van der Waals surface area contributed by atoms with Crippen LogP contribution in [0, 0.1) is 0 Å². The maximum absolute atomic E-state index is 4.74. The topological polar surface area (TPSA) is 32.3 Å². The van der Waals surface area contributed by atoms with Crippen molar-refractivity contribution in [1.82, 2.24) is 9.36 Å². The molecular weight excluding hydrogens is 280 g/mol. The molecule has 0 spiro atoms. The van der Waals surface area contributed by atoms with Crippen molar-refractivity contribution in [2.45, 2.75) is 39.3 Å². The lowest BCUT2D eigenvalue weighted by Crippen LogP contribution is -2.38. The number of aromatic nitrogens is 2. The van der Waals surface area contributed by atoms with Crippen LogP contribution in [0.5, 0.6) is 0 Å². The van der Waals surface area contributed by atoms with E-state index in [-0.39, 0.29) is 0 Å². The van der Waals surface area contributed by atoms with Gasteiger partial charge in [-0.25, -0.2) is 4.98 Å². The summed E-state index contributed by atoms with van der Waals surface area (Å²) in [5.41, 5.74) is 2.67. The molecule has 1 aliphatic rings. The van der Waals surface area contributed by atoms with Gasteiger partial charge in [-0.1, -0.05) is 32.0 Å². The van der Waals surface area contributed by atoms with Crippen LogP contribution in [0.3, 0.4) is 0 Å². The van der Waals surface area contributed by atoms with Crippen LogP contribution in [-0.2, 0) is 6.54 Å². The highest BCUT2D eigenvalue weighted by molar-refractivity contribution is 7.09. The molecule has 0 radical (unpaired) electrons. The van der Waals surface area contributed by atoms with Crippen molar-refractivity contribution in [1.29, 1.82) is 0 Å². The van der Waals surface area contributed by atoms with E-state index in [1.54, 1.807) is 0 Å².